The van der Waals surface area contributed by atoms with Crippen molar-refractivity contribution in [3.05, 3.63) is 0 Å². The summed E-state index contributed by atoms with van der Waals surface area (Å²) in [6.07, 6.45) is 2.22. The summed E-state index contributed by atoms with van der Waals surface area (Å²) < 4.78 is 11.6. The molecule has 1 atom stereocenters. The molecule has 0 saturated carbocycles. The SMILES string of the molecule is CC1(C)CC2(C[C@]3(C)CC(=O)N13)OCCO2. The Labute approximate surface area is 95.9 Å². The summed E-state index contributed by atoms with van der Waals surface area (Å²) in [6.45, 7) is 7.71. The largest absolute Gasteiger partial charge is 0.347 e. The van der Waals surface area contributed by atoms with Crippen LogP contribution in [0.2, 0.25) is 0 Å². The first-order valence-corrected chi connectivity index (χ1v) is 5.98. The second-order valence-electron chi connectivity index (χ2n) is 6.18. The molecule has 4 nitrogen and oxygen atoms in total. The van der Waals surface area contributed by atoms with Crippen molar-refractivity contribution in [3.63, 3.8) is 0 Å². The van der Waals surface area contributed by atoms with Crippen molar-refractivity contribution in [2.75, 3.05) is 13.2 Å². The van der Waals surface area contributed by atoms with Gasteiger partial charge in [-0.05, 0) is 20.8 Å². The van der Waals surface area contributed by atoms with Gasteiger partial charge in [-0.2, -0.15) is 0 Å². The van der Waals surface area contributed by atoms with Gasteiger partial charge in [0.15, 0.2) is 5.79 Å². The number of hydrogen-bond acceptors (Lipinski definition) is 3. The summed E-state index contributed by atoms with van der Waals surface area (Å²) >= 11 is 0. The zero-order chi connectivity index (χ0) is 11.6. The molecule has 0 radical (unpaired) electrons. The van der Waals surface area contributed by atoms with Crippen LogP contribution in [-0.2, 0) is 14.3 Å². The molecule has 0 N–H and O–H groups in total. The molecule has 3 saturated heterocycles. The van der Waals surface area contributed by atoms with Gasteiger partial charge in [-0.15, -0.1) is 0 Å². The highest BCUT2D eigenvalue weighted by Gasteiger charge is 2.63. The van der Waals surface area contributed by atoms with Crippen LogP contribution in [0.15, 0.2) is 0 Å². The lowest BCUT2D eigenvalue weighted by atomic mass is 9.68. The number of β-lactam (4-membered cyclic amide) rings is 1. The van der Waals surface area contributed by atoms with E-state index in [1.807, 2.05) is 4.90 Å². The molecule has 0 aromatic heterocycles. The van der Waals surface area contributed by atoms with Crippen molar-refractivity contribution < 1.29 is 14.3 Å². The summed E-state index contributed by atoms with van der Waals surface area (Å²) in [5.41, 5.74) is -0.226. The molecule has 0 aromatic carbocycles. The highest BCUT2D eigenvalue weighted by atomic mass is 16.7. The van der Waals surface area contributed by atoms with Crippen LogP contribution in [0.5, 0.6) is 0 Å². The van der Waals surface area contributed by atoms with E-state index < -0.39 is 5.79 Å². The number of piperidine rings is 1. The summed E-state index contributed by atoms with van der Waals surface area (Å²) in [6, 6.07) is 0. The predicted molar refractivity (Wildman–Crippen MR) is 57.8 cm³/mol. The first kappa shape index (κ1) is 10.5. The molecule has 0 unspecified atom stereocenters. The smallest absolute Gasteiger partial charge is 0.225 e. The molecule has 1 amide bonds. The number of rotatable bonds is 0. The first-order chi connectivity index (χ1) is 7.37. The topological polar surface area (TPSA) is 38.8 Å². The van der Waals surface area contributed by atoms with Gasteiger partial charge in [0.25, 0.3) is 0 Å². The third-order valence-electron chi connectivity index (χ3n) is 4.09. The Hall–Kier alpha value is -0.610. The zero-order valence-electron chi connectivity index (χ0n) is 10.2. The second kappa shape index (κ2) is 2.79. The molecule has 16 heavy (non-hydrogen) atoms. The van der Waals surface area contributed by atoms with Crippen LogP contribution >= 0.6 is 0 Å². The third kappa shape index (κ3) is 1.20. The lowest BCUT2D eigenvalue weighted by Gasteiger charge is -2.64. The van der Waals surface area contributed by atoms with Crippen LogP contribution in [0.25, 0.3) is 0 Å². The third-order valence-corrected chi connectivity index (χ3v) is 4.09. The first-order valence-electron chi connectivity index (χ1n) is 5.98. The standard InChI is InChI=1S/C12H19NO3/c1-10(2)7-12(15-4-5-16-12)8-11(3)6-9(14)13(10)11/h4-8H2,1-3H3/t11-/m0/s1. The maximum absolute atomic E-state index is 11.7. The molecule has 3 fully saturated rings. The van der Waals surface area contributed by atoms with Crippen LogP contribution < -0.4 is 0 Å². The lowest BCUT2D eigenvalue weighted by Crippen LogP contribution is -2.75. The molecule has 3 rings (SSSR count). The van der Waals surface area contributed by atoms with Gasteiger partial charge in [-0.25, -0.2) is 0 Å². The van der Waals surface area contributed by atoms with E-state index in [0.717, 1.165) is 12.8 Å². The molecule has 4 heteroatoms. The van der Waals surface area contributed by atoms with Crippen LogP contribution in [0, 0.1) is 0 Å². The van der Waals surface area contributed by atoms with Crippen LogP contribution in [0.4, 0.5) is 0 Å². The normalized spacial score (nSPS) is 39.7. The monoisotopic (exact) mass is 225 g/mol. The minimum absolute atomic E-state index is 0.0663. The van der Waals surface area contributed by atoms with E-state index in [9.17, 15) is 4.79 Å². The van der Waals surface area contributed by atoms with E-state index in [0.29, 0.717) is 19.6 Å². The Bertz CT molecular complexity index is 331. The Morgan fingerprint density at radius 3 is 2.25 bits per heavy atom. The number of carbonyl (C=O) groups excluding carboxylic acids is 1. The fourth-order valence-corrected chi connectivity index (χ4v) is 3.99. The Morgan fingerprint density at radius 2 is 1.75 bits per heavy atom. The molecule has 0 aliphatic carbocycles. The van der Waals surface area contributed by atoms with Crippen molar-refractivity contribution in [3.8, 4) is 0 Å². The number of carbonyl (C=O) groups is 1. The predicted octanol–water partition coefficient (Wildman–Crippen LogP) is 1.29. The number of amides is 1. The number of nitrogens with zero attached hydrogens (tertiary/aromatic N) is 1. The van der Waals surface area contributed by atoms with E-state index in [-0.39, 0.29) is 17.0 Å². The fraction of sp³-hybridized carbons (Fsp3) is 0.917. The molecule has 3 heterocycles. The molecular weight excluding hydrogens is 206 g/mol. The van der Waals surface area contributed by atoms with Gasteiger partial charge >= 0.3 is 0 Å². The molecule has 3 aliphatic heterocycles. The Balaban J connectivity index is 1.94. The molecule has 3 aliphatic rings. The van der Waals surface area contributed by atoms with E-state index >= 15 is 0 Å². The van der Waals surface area contributed by atoms with Crippen molar-refractivity contribution >= 4 is 5.91 Å². The minimum Gasteiger partial charge on any atom is -0.347 e. The molecule has 1 spiro atoms. The number of hydrogen-bond donors (Lipinski definition) is 0. The van der Waals surface area contributed by atoms with E-state index in [4.69, 9.17) is 9.47 Å². The van der Waals surface area contributed by atoms with Crippen molar-refractivity contribution in [2.45, 2.75) is 56.9 Å². The Morgan fingerprint density at radius 1 is 1.12 bits per heavy atom. The van der Waals surface area contributed by atoms with Gasteiger partial charge in [-0.3, -0.25) is 4.79 Å². The fourth-order valence-electron chi connectivity index (χ4n) is 3.99. The maximum atomic E-state index is 11.7. The van der Waals surface area contributed by atoms with Gasteiger partial charge in [0.05, 0.1) is 25.2 Å². The van der Waals surface area contributed by atoms with Crippen molar-refractivity contribution in [1.29, 1.82) is 0 Å². The second-order valence-corrected chi connectivity index (χ2v) is 6.18. The van der Waals surface area contributed by atoms with Crippen LogP contribution in [0.3, 0.4) is 0 Å². The molecule has 90 valence electrons. The maximum Gasteiger partial charge on any atom is 0.225 e. The van der Waals surface area contributed by atoms with Gasteiger partial charge in [0, 0.05) is 18.4 Å². The average Bonchev–Trinajstić information content (AvgIpc) is 2.46. The highest BCUT2D eigenvalue weighted by molar-refractivity contribution is 5.86. The average molecular weight is 225 g/mol. The Kier molecular flexibility index (Phi) is 1.84. The number of ether oxygens (including phenoxy) is 2. The van der Waals surface area contributed by atoms with Gasteiger partial charge in [0.1, 0.15) is 0 Å². The summed E-state index contributed by atoms with van der Waals surface area (Å²) in [5.74, 6) is -0.171. The molecule has 0 aromatic rings. The summed E-state index contributed by atoms with van der Waals surface area (Å²) in [7, 11) is 0. The zero-order valence-corrected chi connectivity index (χ0v) is 10.2. The van der Waals surface area contributed by atoms with E-state index in [2.05, 4.69) is 20.8 Å². The number of fused-ring (bicyclic) bond motifs is 1. The minimum atomic E-state index is -0.435. The van der Waals surface area contributed by atoms with Gasteiger partial charge in [-0.1, -0.05) is 0 Å². The highest BCUT2D eigenvalue weighted by Crippen LogP contribution is 2.53. The van der Waals surface area contributed by atoms with E-state index in [1.165, 1.54) is 0 Å². The van der Waals surface area contributed by atoms with Crippen LogP contribution in [0.1, 0.15) is 40.0 Å². The van der Waals surface area contributed by atoms with Gasteiger partial charge in [0.2, 0.25) is 5.91 Å². The quantitative estimate of drug-likeness (QED) is 0.583. The summed E-state index contributed by atoms with van der Waals surface area (Å²) in [4.78, 5) is 13.8. The van der Waals surface area contributed by atoms with Crippen LogP contribution in [-0.4, -0.2) is 40.9 Å². The lowest BCUT2D eigenvalue weighted by molar-refractivity contribution is -0.256. The van der Waals surface area contributed by atoms with Crippen molar-refractivity contribution in [1.82, 2.24) is 4.90 Å². The molecule has 0 bridgehead atoms. The van der Waals surface area contributed by atoms with E-state index in [1.54, 1.807) is 0 Å². The molecular formula is C12H19NO3. The summed E-state index contributed by atoms with van der Waals surface area (Å²) in [5, 5.41) is 0. The van der Waals surface area contributed by atoms with Gasteiger partial charge < -0.3 is 14.4 Å². The van der Waals surface area contributed by atoms with Crippen molar-refractivity contribution in [2.24, 2.45) is 0 Å².